The summed E-state index contributed by atoms with van der Waals surface area (Å²) in [5, 5.41) is 23.3. The maximum absolute atomic E-state index is 14.1. The van der Waals surface area contributed by atoms with E-state index < -0.39 is 23.2 Å². The van der Waals surface area contributed by atoms with E-state index in [1.165, 1.54) is 0 Å². The summed E-state index contributed by atoms with van der Waals surface area (Å²) < 4.78 is 13.3. The number of nitrogens with zero attached hydrogens (tertiary/aromatic N) is 3. The van der Waals surface area contributed by atoms with E-state index >= 15 is 0 Å². The first kappa shape index (κ1) is 30.5. The predicted octanol–water partition coefficient (Wildman–Crippen LogP) is 6.30. The van der Waals surface area contributed by atoms with Gasteiger partial charge in [0.1, 0.15) is 11.5 Å². The lowest BCUT2D eigenvalue weighted by molar-refractivity contribution is -0.139. The quantitative estimate of drug-likeness (QED) is 0.326. The van der Waals surface area contributed by atoms with Crippen LogP contribution in [0.5, 0.6) is 0 Å². The molecule has 0 aliphatic carbocycles. The molecule has 1 amide bonds. The predicted molar refractivity (Wildman–Crippen MR) is 163 cm³/mol. The molecule has 0 spiro atoms. The molecule has 42 heavy (non-hydrogen) atoms. The molecule has 2 aliphatic rings. The Balaban J connectivity index is 1.50. The highest BCUT2D eigenvalue weighted by Crippen LogP contribution is 2.51. The first-order valence-electron chi connectivity index (χ1n) is 14.1. The molecule has 222 valence electrons. The molecule has 0 saturated carbocycles. The van der Waals surface area contributed by atoms with Crippen molar-refractivity contribution in [3.05, 3.63) is 82.0 Å². The standard InChI is InChI=1S/C32H37Cl2N5O3/c1-30(2,3)16-25-32(19-35,21-9-11-22(33)12-10-21)27(20-7-6-8-23(34)15-20)28(36-25)29(40)37-26-13-14-39(38-26)17-24-18-41-31(4,5)42-24/h6-15,24-25,27-28,36H,16-18H2,1-5H3,(H,37,38,40)/t24-,25?,27?,28?,32?/m1/s1. The topological polar surface area (TPSA) is 101 Å². The number of aromatic nitrogens is 2. The van der Waals surface area contributed by atoms with E-state index in [-0.39, 0.29) is 23.5 Å². The average Bonchev–Trinajstić information content (AvgIpc) is 3.59. The van der Waals surface area contributed by atoms with Crippen LogP contribution in [0.15, 0.2) is 60.8 Å². The highest BCUT2D eigenvalue weighted by molar-refractivity contribution is 6.30. The second-order valence-corrected chi connectivity index (χ2v) is 13.7. The van der Waals surface area contributed by atoms with Gasteiger partial charge in [-0.2, -0.15) is 10.4 Å². The lowest BCUT2D eigenvalue weighted by atomic mass is 9.63. The fraction of sp³-hybridized carbons (Fsp3) is 0.469. The number of hydrogen-bond donors (Lipinski definition) is 2. The average molecular weight is 611 g/mol. The zero-order valence-corrected chi connectivity index (χ0v) is 26.0. The third-order valence-electron chi connectivity index (χ3n) is 7.92. The lowest BCUT2D eigenvalue weighted by Gasteiger charge is -2.37. The molecule has 0 radical (unpaired) electrons. The molecule has 0 bridgehead atoms. The van der Waals surface area contributed by atoms with Gasteiger partial charge < -0.3 is 20.1 Å². The molecule has 5 atom stereocenters. The van der Waals surface area contributed by atoms with Crippen molar-refractivity contribution in [1.82, 2.24) is 15.1 Å². The summed E-state index contributed by atoms with van der Waals surface area (Å²) in [5.41, 5.74) is 0.379. The van der Waals surface area contributed by atoms with E-state index in [0.717, 1.165) is 11.1 Å². The summed E-state index contributed by atoms with van der Waals surface area (Å²) in [5.74, 6) is -1.04. The van der Waals surface area contributed by atoms with Crippen molar-refractivity contribution in [2.24, 2.45) is 5.41 Å². The maximum Gasteiger partial charge on any atom is 0.243 e. The van der Waals surface area contributed by atoms with Gasteiger partial charge in [0.2, 0.25) is 5.91 Å². The van der Waals surface area contributed by atoms with Crippen molar-refractivity contribution >= 4 is 34.9 Å². The second-order valence-electron chi connectivity index (χ2n) is 12.8. The van der Waals surface area contributed by atoms with Crippen molar-refractivity contribution in [3.63, 3.8) is 0 Å². The Bertz CT molecular complexity index is 1480. The van der Waals surface area contributed by atoms with Crippen LogP contribution in [-0.4, -0.2) is 46.3 Å². The van der Waals surface area contributed by atoms with Gasteiger partial charge in [0.25, 0.3) is 0 Å². The number of carbonyl (C=O) groups excluding carboxylic acids is 1. The number of amides is 1. The normalized spacial score (nSPS) is 27.1. The minimum Gasteiger partial charge on any atom is -0.348 e. The van der Waals surface area contributed by atoms with Gasteiger partial charge in [-0.3, -0.25) is 9.48 Å². The summed E-state index contributed by atoms with van der Waals surface area (Å²) in [6, 6.07) is 18.1. The van der Waals surface area contributed by atoms with Crippen LogP contribution in [-0.2, 0) is 26.2 Å². The highest BCUT2D eigenvalue weighted by atomic mass is 35.5. The van der Waals surface area contributed by atoms with E-state index in [4.69, 9.17) is 32.7 Å². The summed E-state index contributed by atoms with van der Waals surface area (Å²) in [6.45, 7) is 11.1. The Morgan fingerprint density at radius 1 is 1.17 bits per heavy atom. The SMILES string of the molecule is CC(C)(C)CC1NC(C(=O)Nc2ccn(C[C@@H]3COC(C)(C)O3)n2)C(c2cccc(Cl)c2)C1(C#N)c1ccc(Cl)cc1. The van der Waals surface area contributed by atoms with E-state index in [1.807, 2.05) is 44.2 Å². The molecular formula is C32H37Cl2N5O3. The molecule has 2 aromatic carbocycles. The van der Waals surface area contributed by atoms with Crippen molar-refractivity contribution < 1.29 is 14.3 Å². The number of hydrogen-bond acceptors (Lipinski definition) is 6. The fourth-order valence-corrected chi connectivity index (χ4v) is 6.58. The van der Waals surface area contributed by atoms with Crippen molar-refractivity contribution in [3.8, 4) is 6.07 Å². The summed E-state index contributed by atoms with van der Waals surface area (Å²) >= 11 is 12.7. The number of anilines is 1. The minimum absolute atomic E-state index is 0.129. The number of rotatable bonds is 7. The lowest BCUT2D eigenvalue weighted by Crippen LogP contribution is -2.44. The van der Waals surface area contributed by atoms with E-state index in [2.05, 4.69) is 42.6 Å². The van der Waals surface area contributed by atoms with Crippen LogP contribution in [0, 0.1) is 16.7 Å². The van der Waals surface area contributed by atoms with Gasteiger partial charge in [0.05, 0.1) is 25.3 Å². The number of nitrogens with one attached hydrogen (secondary N) is 2. The van der Waals surface area contributed by atoms with Crippen LogP contribution in [0.1, 0.15) is 58.1 Å². The molecule has 4 unspecified atom stereocenters. The number of nitriles is 1. The molecule has 2 fully saturated rings. The Labute approximate surface area is 257 Å². The van der Waals surface area contributed by atoms with Crippen LogP contribution < -0.4 is 10.6 Å². The molecule has 5 rings (SSSR count). The Hall–Kier alpha value is -2.93. The van der Waals surface area contributed by atoms with Gasteiger partial charge in [0, 0.05) is 34.3 Å². The monoisotopic (exact) mass is 609 g/mol. The van der Waals surface area contributed by atoms with Crippen LogP contribution in [0.25, 0.3) is 0 Å². The molecule has 10 heteroatoms. The van der Waals surface area contributed by atoms with E-state index in [9.17, 15) is 10.1 Å². The Kier molecular flexibility index (Phi) is 8.45. The molecular weight excluding hydrogens is 573 g/mol. The van der Waals surface area contributed by atoms with Crippen molar-refractivity contribution in [2.75, 3.05) is 11.9 Å². The molecule has 2 saturated heterocycles. The van der Waals surface area contributed by atoms with Crippen LogP contribution >= 0.6 is 23.2 Å². The zero-order valence-electron chi connectivity index (χ0n) is 24.5. The molecule has 1 aromatic heterocycles. The smallest absolute Gasteiger partial charge is 0.243 e. The summed E-state index contributed by atoms with van der Waals surface area (Å²) in [6.07, 6.45) is 2.32. The van der Waals surface area contributed by atoms with Crippen LogP contribution in [0.2, 0.25) is 10.0 Å². The van der Waals surface area contributed by atoms with E-state index in [1.54, 1.807) is 35.1 Å². The number of halogens is 2. The van der Waals surface area contributed by atoms with Gasteiger partial charge in [-0.25, -0.2) is 0 Å². The van der Waals surface area contributed by atoms with Crippen LogP contribution in [0.3, 0.4) is 0 Å². The van der Waals surface area contributed by atoms with Gasteiger partial charge in [-0.1, -0.05) is 68.2 Å². The molecule has 3 aromatic rings. The first-order chi connectivity index (χ1) is 19.8. The minimum atomic E-state index is -1.09. The van der Waals surface area contributed by atoms with Crippen LogP contribution in [0.4, 0.5) is 5.82 Å². The molecule has 2 aliphatic heterocycles. The zero-order chi connectivity index (χ0) is 30.3. The van der Waals surface area contributed by atoms with Gasteiger partial charge in [-0.05, 0) is 61.1 Å². The van der Waals surface area contributed by atoms with Gasteiger partial charge >= 0.3 is 0 Å². The molecule has 3 heterocycles. The van der Waals surface area contributed by atoms with Gasteiger partial charge in [0.15, 0.2) is 11.6 Å². The maximum atomic E-state index is 14.1. The fourth-order valence-electron chi connectivity index (χ4n) is 6.25. The summed E-state index contributed by atoms with van der Waals surface area (Å²) in [7, 11) is 0. The van der Waals surface area contributed by atoms with Gasteiger partial charge in [-0.15, -0.1) is 0 Å². The van der Waals surface area contributed by atoms with Crippen molar-refractivity contribution in [2.45, 2.75) is 82.9 Å². The Morgan fingerprint density at radius 3 is 2.52 bits per heavy atom. The number of benzene rings is 2. The van der Waals surface area contributed by atoms with Crippen molar-refractivity contribution in [1.29, 1.82) is 5.26 Å². The van der Waals surface area contributed by atoms with E-state index in [0.29, 0.717) is 35.4 Å². The third-order valence-corrected chi connectivity index (χ3v) is 8.40. The highest BCUT2D eigenvalue weighted by Gasteiger charge is 2.59. The largest absolute Gasteiger partial charge is 0.348 e. The number of ether oxygens (including phenoxy) is 2. The number of carbonyl (C=O) groups is 1. The molecule has 8 nitrogen and oxygen atoms in total. The summed E-state index contributed by atoms with van der Waals surface area (Å²) in [4.78, 5) is 14.1. The Morgan fingerprint density at radius 2 is 1.90 bits per heavy atom. The third kappa shape index (κ3) is 6.36. The first-order valence-corrected chi connectivity index (χ1v) is 14.9. The molecule has 2 N–H and O–H groups in total. The second kappa shape index (κ2) is 11.6.